The SMILES string of the molecule is C=CCc1ccccc1OCc1ccc(C(=O)Nc2c(Br)cc([N+](=O)[O-])cc2Br)o1. The second kappa shape index (κ2) is 9.73. The lowest BCUT2D eigenvalue weighted by Crippen LogP contribution is -2.12. The Morgan fingerprint density at radius 2 is 1.90 bits per heavy atom. The van der Waals surface area contributed by atoms with Gasteiger partial charge in [0.05, 0.1) is 10.6 Å². The molecule has 1 amide bonds. The summed E-state index contributed by atoms with van der Waals surface area (Å²) >= 11 is 6.47. The highest BCUT2D eigenvalue weighted by atomic mass is 79.9. The average Bonchev–Trinajstić information content (AvgIpc) is 3.19. The van der Waals surface area contributed by atoms with Crippen LogP contribution in [0.15, 0.2) is 74.5 Å². The van der Waals surface area contributed by atoms with Crippen LogP contribution in [0.1, 0.15) is 21.9 Å². The fourth-order valence-corrected chi connectivity index (χ4v) is 4.02. The molecule has 1 aromatic heterocycles. The maximum atomic E-state index is 12.5. The van der Waals surface area contributed by atoms with E-state index in [4.69, 9.17) is 9.15 Å². The van der Waals surface area contributed by atoms with Crippen molar-refractivity contribution in [3.63, 3.8) is 0 Å². The molecular weight excluding hydrogens is 520 g/mol. The van der Waals surface area contributed by atoms with Gasteiger partial charge in [-0.25, -0.2) is 0 Å². The molecule has 3 rings (SSSR count). The van der Waals surface area contributed by atoms with Crippen molar-refractivity contribution in [3.05, 3.63) is 97.3 Å². The topological polar surface area (TPSA) is 94.6 Å². The van der Waals surface area contributed by atoms with Gasteiger partial charge in [-0.1, -0.05) is 24.3 Å². The van der Waals surface area contributed by atoms with Gasteiger partial charge in [-0.15, -0.1) is 6.58 Å². The highest BCUT2D eigenvalue weighted by molar-refractivity contribution is 9.11. The highest BCUT2D eigenvalue weighted by Gasteiger charge is 2.18. The van der Waals surface area contributed by atoms with Crippen LogP contribution in [0.25, 0.3) is 0 Å². The molecule has 2 aromatic carbocycles. The van der Waals surface area contributed by atoms with Gasteiger partial charge < -0.3 is 14.5 Å². The number of hydrogen-bond acceptors (Lipinski definition) is 5. The van der Waals surface area contributed by atoms with Crippen LogP contribution in [0, 0.1) is 10.1 Å². The normalized spacial score (nSPS) is 10.5. The van der Waals surface area contributed by atoms with Crippen molar-refractivity contribution < 1.29 is 18.9 Å². The molecular formula is C21H16Br2N2O5. The molecule has 0 atom stereocenters. The van der Waals surface area contributed by atoms with Crippen molar-refractivity contribution in [3.8, 4) is 5.75 Å². The van der Waals surface area contributed by atoms with Gasteiger partial charge in [0.25, 0.3) is 11.6 Å². The van der Waals surface area contributed by atoms with Crippen molar-refractivity contribution in [2.45, 2.75) is 13.0 Å². The van der Waals surface area contributed by atoms with E-state index in [0.717, 1.165) is 11.3 Å². The first-order chi connectivity index (χ1) is 14.4. The van der Waals surface area contributed by atoms with E-state index >= 15 is 0 Å². The summed E-state index contributed by atoms with van der Waals surface area (Å²) in [5.41, 5.74) is 1.25. The van der Waals surface area contributed by atoms with E-state index in [9.17, 15) is 14.9 Å². The van der Waals surface area contributed by atoms with Crippen LogP contribution in [0.4, 0.5) is 11.4 Å². The summed E-state index contributed by atoms with van der Waals surface area (Å²) < 4.78 is 12.1. The average molecular weight is 536 g/mol. The summed E-state index contributed by atoms with van der Waals surface area (Å²) in [6.07, 6.45) is 2.48. The summed E-state index contributed by atoms with van der Waals surface area (Å²) in [6, 6.07) is 13.4. The number of furan rings is 1. The van der Waals surface area contributed by atoms with E-state index in [0.29, 0.717) is 26.8 Å². The van der Waals surface area contributed by atoms with E-state index in [1.807, 2.05) is 24.3 Å². The maximum absolute atomic E-state index is 12.5. The molecule has 0 saturated heterocycles. The number of halogens is 2. The number of para-hydroxylation sites is 1. The molecule has 30 heavy (non-hydrogen) atoms. The number of carbonyl (C=O) groups is 1. The lowest BCUT2D eigenvalue weighted by Gasteiger charge is -2.09. The van der Waals surface area contributed by atoms with Crippen molar-refractivity contribution >= 4 is 49.1 Å². The fraction of sp³-hybridized carbons (Fsp3) is 0.0952. The van der Waals surface area contributed by atoms with Gasteiger partial charge >= 0.3 is 0 Å². The highest BCUT2D eigenvalue weighted by Crippen LogP contribution is 2.35. The van der Waals surface area contributed by atoms with Gasteiger partial charge in [0.15, 0.2) is 5.76 Å². The Labute approximate surface area is 189 Å². The lowest BCUT2D eigenvalue weighted by molar-refractivity contribution is -0.385. The van der Waals surface area contributed by atoms with Crippen LogP contribution in [-0.4, -0.2) is 10.8 Å². The molecule has 0 saturated carbocycles. The monoisotopic (exact) mass is 534 g/mol. The van der Waals surface area contributed by atoms with Gasteiger partial charge in [-0.2, -0.15) is 0 Å². The number of anilines is 1. The first-order valence-corrected chi connectivity index (χ1v) is 10.3. The number of ether oxygens (including phenoxy) is 1. The van der Waals surface area contributed by atoms with Gasteiger partial charge in [-0.05, 0) is 62.0 Å². The first kappa shape index (κ1) is 21.8. The quantitative estimate of drug-likeness (QED) is 0.208. The third kappa shape index (κ3) is 5.17. The molecule has 1 heterocycles. The Balaban J connectivity index is 1.69. The predicted octanol–water partition coefficient (Wildman–Crippen LogP) is 6.27. The number of non-ortho nitro benzene ring substituents is 1. The van der Waals surface area contributed by atoms with Gasteiger partial charge in [0.2, 0.25) is 0 Å². The van der Waals surface area contributed by atoms with E-state index < -0.39 is 10.8 Å². The minimum Gasteiger partial charge on any atom is -0.485 e. The number of allylic oxidation sites excluding steroid dienone is 1. The molecule has 0 radical (unpaired) electrons. The number of benzene rings is 2. The van der Waals surface area contributed by atoms with Crippen molar-refractivity contribution in [1.82, 2.24) is 0 Å². The van der Waals surface area contributed by atoms with E-state index in [1.165, 1.54) is 18.2 Å². The lowest BCUT2D eigenvalue weighted by atomic mass is 10.1. The number of nitro groups is 1. The minimum absolute atomic E-state index is 0.0881. The first-order valence-electron chi connectivity index (χ1n) is 8.74. The van der Waals surface area contributed by atoms with Crippen LogP contribution >= 0.6 is 31.9 Å². The predicted molar refractivity (Wildman–Crippen MR) is 120 cm³/mol. The second-order valence-corrected chi connectivity index (χ2v) is 7.86. The number of amides is 1. The van der Waals surface area contributed by atoms with Crippen molar-refractivity contribution in [2.75, 3.05) is 5.32 Å². The summed E-state index contributed by atoms with van der Waals surface area (Å²) in [7, 11) is 0. The Morgan fingerprint density at radius 3 is 2.57 bits per heavy atom. The van der Waals surface area contributed by atoms with Gasteiger partial charge in [0.1, 0.15) is 18.1 Å². The largest absolute Gasteiger partial charge is 0.485 e. The van der Waals surface area contributed by atoms with Crippen molar-refractivity contribution in [1.29, 1.82) is 0 Å². The molecule has 7 nitrogen and oxygen atoms in total. The molecule has 9 heteroatoms. The number of rotatable bonds is 8. The molecule has 0 aliphatic heterocycles. The molecule has 0 fully saturated rings. The number of nitrogens with zero attached hydrogens (tertiary/aromatic N) is 1. The maximum Gasteiger partial charge on any atom is 0.291 e. The Bertz CT molecular complexity index is 1090. The number of nitrogens with one attached hydrogen (secondary N) is 1. The molecule has 1 N–H and O–H groups in total. The molecule has 3 aromatic rings. The van der Waals surface area contributed by atoms with Crippen LogP contribution in [0.5, 0.6) is 5.75 Å². The molecule has 0 aliphatic rings. The van der Waals surface area contributed by atoms with Crippen LogP contribution in [0.2, 0.25) is 0 Å². The smallest absolute Gasteiger partial charge is 0.291 e. The zero-order valence-electron chi connectivity index (χ0n) is 15.6. The molecule has 0 aliphatic carbocycles. The molecule has 154 valence electrons. The number of carbonyl (C=O) groups excluding carboxylic acids is 1. The standard InChI is InChI=1S/C21H16Br2N2O5/c1-2-5-13-6-3-4-7-18(13)29-12-15-8-9-19(30-15)21(26)24-20-16(22)10-14(25(27)28)11-17(20)23/h2-4,6-11H,1,5,12H2,(H,24,26). The zero-order valence-corrected chi connectivity index (χ0v) is 18.7. The summed E-state index contributed by atoms with van der Waals surface area (Å²) in [6.45, 7) is 3.90. The summed E-state index contributed by atoms with van der Waals surface area (Å²) in [5, 5.41) is 13.6. The summed E-state index contributed by atoms with van der Waals surface area (Å²) in [5.74, 6) is 0.794. The zero-order chi connectivity index (χ0) is 21.7. The van der Waals surface area contributed by atoms with Crippen LogP contribution in [-0.2, 0) is 13.0 Å². The van der Waals surface area contributed by atoms with E-state index in [1.54, 1.807) is 12.1 Å². The second-order valence-electron chi connectivity index (χ2n) is 6.15. The Kier molecular flexibility index (Phi) is 7.07. The third-order valence-electron chi connectivity index (χ3n) is 4.07. The van der Waals surface area contributed by atoms with Crippen LogP contribution in [0.3, 0.4) is 0 Å². The molecule has 0 bridgehead atoms. The Hall–Kier alpha value is -2.91. The molecule has 0 spiro atoms. The third-order valence-corrected chi connectivity index (χ3v) is 5.32. The number of hydrogen-bond donors (Lipinski definition) is 1. The molecule has 0 unspecified atom stereocenters. The van der Waals surface area contributed by atoms with Crippen LogP contribution < -0.4 is 10.1 Å². The number of nitro benzene ring substituents is 1. The van der Waals surface area contributed by atoms with Gasteiger partial charge in [0, 0.05) is 21.1 Å². The Morgan fingerprint density at radius 1 is 1.20 bits per heavy atom. The minimum atomic E-state index is -0.521. The fourth-order valence-electron chi connectivity index (χ4n) is 2.65. The van der Waals surface area contributed by atoms with E-state index in [-0.39, 0.29) is 18.1 Å². The van der Waals surface area contributed by atoms with E-state index in [2.05, 4.69) is 43.8 Å². The van der Waals surface area contributed by atoms with Gasteiger partial charge in [-0.3, -0.25) is 14.9 Å². The summed E-state index contributed by atoms with van der Waals surface area (Å²) in [4.78, 5) is 22.9. The van der Waals surface area contributed by atoms with Crippen molar-refractivity contribution in [2.24, 2.45) is 0 Å².